The molecule has 0 bridgehead atoms. The van der Waals surface area contributed by atoms with E-state index >= 15 is 0 Å². The molecule has 4 nitrogen and oxygen atoms in total. The summed E-state index contributed by atoms with van der Waals surface area (Å²) in [6.07, 6.45) is 0. The molecule has 0 spiro atoms. The number of hydrogen-bond acceptors (Lipinski definition) is 4. The molecule has 1 aliphatic heterocycles. The lowest BCUT2D eigenvalue weighted by molar-refractivity contribution is 0.587. The maximum atomic E-state index is 13.1. The van der Waals surface area contributed by atoms with Crippen LogP contribution in [0.4, 0.5) is 0 Å². The normalized spacial score (nSPS) is 15.8. The summed E-state index contributed by atoms with van der Waals surface area (Å²) in [4.78, 5) is 3.27. The quantitative estimate of drug-likeness (QED) is 0.458. The van der Waals surface area contributed by atoms with Gasteiger partial charge in [0.15, 0.2) is 24.5 Å². The zero-order chi connectivity index (χ0) is 20.1. The van der Waals surface area contributed by atoms with Crippen LogP contribution in [0.1, 0.15) is 13.8 Å². The fourth-order valence-corrected chi connectivity index (χ4v) is 8.97. The maximum absolute atomic E-state index is 13.1. The van der Waals surface area contributed by atoms with E-state index in [1.165, 1.54) is 0 Å². The second-order valence-corrected chi connectivity index (χ2v) is 13.1. The van der Waals surface area contributed by atoms with E-state index in [9.17, 15) is 16.8 Å². The van der Waals surface area contributed by atoms with E-state index in [1.807, 2.05) is 24.3 Å². The van der Waals surface area contributed by atoms with Crippen LogP contribution >= 0.6 is 0 Å². The second-order valence-electron chi connectivity index (χ2n) is 6.77. The van der Waals surface area contributed by atoms with E-state index in [0.717, 1.165) is 14.7 Å². The van der Waals surface area contributed by atoms with E-state index in [2.05, 4.69) is 0 Å². The minimum Gasteiger partial charge on any atom is -0.223 e. The Kier molecular flexibility index (Phi) is 4.64. The van der Waals surface area contributed by atoms with Crippen molar-refractivity contribution in [2.24, 2.45) is 0 Å². The molecule has 0 aromatic heterocycles. The molecule has 0 amide bonds. The van der Waals surface area contributed by atoms with Gasteiger partial charge in [-0.1, -0.05) is 24.3 Å². The molecule has 0 fully saturated rings. The minimum absolute atomic E-state index is 0.279. The summed E-state index contributed by atoms with van der Waals surface area (Å²) in [6.45, 7) is 3.31. The Morgan fingerprint density at radius 1 is 0.750 bits per heavy atom. The first kappa shape index (κ1) is 19.2. The highest BCUT2D eigenvalue weighted by atomic mass is 32.2. The van der Waals surface area contributed by atoms with E-state index in [1.54, 1.807) is 62.4 Å². The van der Waals surface area contributed by atoms with Crippen LogP contribution in [0.3, 0.4) is 0 Å². The molecule has 0 saturated heterocycles. The maximum Gasteiger partial charge on any atom is 0.216 e. The summed E-state index contributed by atoms with van der Waals surface area (Å²) in [6, 6.07) is 20.9. The molecule has 4 rings (SSSR count). The number of hydrogen-bond donors (Lipinski definition) is 0. The van der Waals surface area contributed by atoms with Crippen LogP contribution in [0.15, 0.2) is 102 Å². The number of benzene rings is 3. The predicted octanol–water partition coefficient (Wildman–Crippen LogP) is 4.11. The van der Waals surface area contributed by atoms with E-state index < -0.39 is 35.8 Å². The summed E-state index contributed by atoms with van der Waals surface area (Å²) >= 11 is 0. The van der Waals surface area contributed by atoms with Crippen LogP contribution < -0.4 is 0 Å². The summed E-state index contributed by atoms with van der Waals surface area (Å²) in [5.74, 6) is 0. The molecule has 0 aliphatic carbocycles. The van der Waals surface area contributed by atoms with Crippen molar-refractivity contribution in [3.05, 3.63) is 72.8 Å². The largest absolute Gasteiger partial charge is 0.223 e. The Hall–Kier alpha value is -2.09. The van der Waals surface area contributed by atoms with Crippen molar-refractivity contribution in [1.29, 1.82) is 0 Å². The first-order valence-corrected chi connectivity index (χ1v) is 13.0. The Balaban J connectivity index is 1.92. The lowest BCUT2D eigenvalue weighted by Crippen LogP contribution is -2.20. The SMILES string of the molecule is CC(C)S(=O)(=O)c1ccc([S+]2c3ccccc3S(=O)(=O)c3ccccc32)cc1. The average Bonchev–Trinajstić information content (AvgIpc) is 2.69. The molecule has 7 heteroatoms. The molecule has 0 saturated carbocycles. The van der Waals surface area contributed by atoms with Crippen molar-refractivity contribution >= 4 is 30.6 Å². The van der Waals surface area contributed by atoms with Crippen LogP contribution in [0.2, 0.25) is 0 Å². The predicted molar refractivity (Wildman–Crippen MR) is 109 cm³/mol. The average molecular weight is 432 g/mol. The summed E-state index contributed by atoms with van der Waals surface area (Å²) in [5.41, 5.74) is 0. The van der Waals surface area contributed by atoms with Crippen molar-refractivity contribution in [2.45, 2.75) is 48.5 Å². The number of fused-ring (bicyclic) bond motifs is 2. The minimum atomic E-state index is -3.57. The molecule has 0 atom stereocenters. The lowest BCUT2D eigenvalue weighted by atomic mass is 10.3. The highest BCUT2D eigenvalue weighted by molar-refractivity contribution is 8.00. The second kappa shape index (κ2) is 6.76. The zero-order valence-corrected chi connectivity index (χ0v) is 17.8. The summed E-state index contributed by atoms with van der Waals surface area (Å²) in [7, 11) is -7.55. The molecule has 3 aromatic rings. The van der Waals surface area contributed by atoms with Gasteiger partial charge in [-0.3, -0.25) is 0 Å². The Bertz CT molecular complexity index is 1210. The molecular formula is C21H19O4S3+. The van der Waals surface area contributed by atoms with Gasteiger partial charge < -0.3 is 0 Å². The van der Waals surface area contributed by atoms with E-state index in [0.29, 0.717) is 9.79 Å². The lowest BCUT2D eigenvalue weighted by Gasteiger charge is -2.19. The standard InChI is InChI=1S/C21H19O4S3/c1-15(2)27(22,23)17-13-11-16(12-14-17)26-18-7-3-5-9-20(18)28(24,25)21-10-6-4-8-19(21)26/h3-15H,1-2H3/q+1. The molecule has 0 radical (unpaired) electrons. The molecule has 0 unspecified atom stereocenters. The molecule has 1 aliphatic rings. The van der Waals surface area contributed by atoms with Crippen molar-refractivity contribution < 1.29 is 16.8 Å². The fraction of sp³-hybridized carbons (Fsp3) is 0.143. The number of rotatable bonds is 3. The molecule has 3 aromatic carbocycles. The first-order chi connectivity index (χ1) is 13.2. The Labute approximate surface area is 168 Å². The van der Waals surface area contributed by atoms with Crippen molar-refractivity contribution in [3.63, 3.8) is 0 Å². The molecule has 1 heterocycles. The van der Waals surface area contributed by atoms with E-state index in [4.69, 9.17) is 0 Å². The molecule has 144 valence electrons. The van der Waals surface area contributed by atoms with Gasteiger partial charge >= 0.3 is 0 Å². The van der Waals surface area contributed by atoms with Crippen LogP contribution in [0, 0.1) is 0 Å². The fourth-order valence-electron chi connectivity index (χ4n) is 3.21. The topological polar surface area (TPSA) is 68.3 Å². The van der Waals surface area contributed by atoms with Gasteiger partial charge in [-0.15, -0.1) is 0 Å². The van der Waals surface area contributed by atoms with Crippen LogP contribution in [-0.4, -0.2) is 22.1 Å². The van der Waals surface area contributed by atoms with Gasteiger partial charge in [-0.05, 0) is 62.4 Å². The monoisotopic (exact) mass is 431 g/mol. The number of sulfone groups is 2. The Morgan fingerprint density at radius 3 is 1.68 bits per heavy atom. The van der Waals surface area contributed by atoms with Gasteiger partial charge in [0.05, 0.1) is 10.1 Å². The van der Waals surface area contributed by atoms with Crippen molar-refractivity contribution in [2.75, 3.05) is 0 Å². The highest BCUT2D eigenvalue weighted by Crippen LogP contribution is 2.44. The van der Waals surface area contributed by atoms with E-state index in [-0.39, 0.29) is 4.90 Å². The van der Waals surface area contributed by atoms with Gasteiger partial charge in [0, 0.05) is 0 Å². The molecule has 0 N–H and O–H groups in total. The third-order valence-electron chi connectivity index (χ3n) is 4.73. The van der Waals surface area contributed by atoms with Crippen LogP contribution in [-0.2, 0) is 30.6 Å². The Morgan fingerprint density at radius 2 is 1.21 bits per heavy atom. The smallest absolute Gasteiger partial charge is 0.216 e. The first-order valence-electron chi connectivity index (χ1n) is 8.76. The third-order valence-corrected chi connectivity index (χ3v) is 11.4. The van der Waals surface area contributed by atoms with Crippen LogP contribution in [0.5, 0.6) is 0 Å². The highest BCUT2D eigenvalue weighted by Gasteiger charge is 2.44. The van der Waals surface area contributed by atoms with Gasteiger partial charge in [0.2, 0.25) is 9.84 Å². The summed E-state index contributed by atoms with van der Waals surface area (Å²) in [5, 5.41) is -0.498. The zero-order valence-electron chi connectivity index (χ0n) is 15.4. The molecular weight excluding hydrogens is 412 g/mol. The van der Waals surface area contributed by atoms with Crippen LogP contribution in [0.25, 0.3) is 0 Å². The van der Waals surface area contributed by atoms with Gasteiger partial charge in [0.1, 0.15) is 20.7 Å². The van der Waals surface area contributed by atoms with Gasteiger partial charge in [0.25, 0.3) is 0 Å². The van der Waals surface area contributed by atoms with Crippen molar-refractivity contribution in [1.82, 2.24) is 0 Å². The van der Waals surface area contributed by atoms with Gasteiger partial charge in [-0.25, -0.2) is 16.8 Å². The summed E-state index contributed by atoms with van der Waals surface area (Å²) < 4.78 is 51.0. The van der Waals surface area contributed by atoms with Gasteiger partial charge in [-0.2, -0.15) is 0 Å². The molecule has 28 heavy (non-hydrogen) atoms. The third kappa shape index (κ3) is 2.89. The van der Waals surface area contributed by atoms with Crippen molar-refractivity contribution in [3.8, 4) is 0 Å².